The molecule has 2 fully saturated rings. The van der Waals surface area contributed by atoms with E-state index in [4.69, 9.17) is 14.2 Å². The molecular formula is C20H26N2O6. The van der Waals surface area contributed by atoms with Crippen LogP contribution in [0.25, 0.3) is 0 Å². The van der Waals surface area contributed by atoms with Gasteiger partial charge in [0, 0.05) is 19.7 Å². The monoisotopic (exact) mass is 390 g/mol. The molecule has 1 aromatic rings. The maximum Gasteiger partial charge on any atom is 0.338 e. The van der Waals surface area contributed by atoms with Gasteiger partial charge >= 0.3 is 5.97 Å². The molecule has 8 heteroatoms. The molecule has 1 heterocycles. The van der Waals surface area contributed by atoms with Crippen molar-refractivity contribution in [2.75, 3.05) is 33.4 Å². The zero-order chi connectivity index (χ0) is 19.9. The highest BCUT2D eigenvalue weighted by atomic mass is 16.5. The zero-order valence-corrected chi connectivity index (χ0v) is 16.0. The van der Waals surface area contributed by atoms with Gasteiger partial charge in [-0.2, -0.15) is 0 Å². The molecular weight excluding hydrogens is 364 g/mol. The Hall–Kier alpha value is -2.61. The maximum atomic E-state index is 12.1. The second-order valence-electron chi connectivity index (χ2n) is 7.14. The fraction of sp³-hybridized carbons (Fsp3) is 0.550. The number of hydrogen-bond acceptors (Lipinski definition) is 6. The first-order valence-corrected chi connectivity index (χ1v) is 9.56. The van der Waals surface area contributed by atoms with Crippen LogP contribution in [-0.2, 0) is 19.1 Å². The van der Waals surface area contributed by atoms with Gasteiger partial charge in [-0.15, -0.1) is 0 Å². The van der Waals surface area contributed by atoms with E-state index in [0.717, 1.165) is 32.3 Å². The highest BCUT2D eigenvalue weighted by Crippen LogP contribution is 2.18. The molecule has 1 N–H and O–H groups in total. The Morgan fingerprint density at radius 3 is 2.57 bits per heavy atom. The van der Waals surface area contributed by atoms with Gasteiger partial charge in [0.15, 0.2) is 6.61 Å². The van der Waals surface area contributed by atoms with Gasteiger partial charge in [-0.05, 0) is 49.9 Å². The summed E-state index contributed by atoms with van der Waals surface area (Å²) < 4.78 is 16.2. The van der Waals surface area contributed by atoms with Crippen LogP contribution < -0.4 is 10.1 Å². The van der Waals surface area contributed by atoms with Crippen molar-refractivity contribution in [2.24, 2.45) is 0 Å². The summed E-state index contributed by atoms with van der Waals surface area (Å²) in [6.07, 6.45) is 4.14. The third kappa shape index (κ3) is 6.23. The highest BCUT2D eigenvalue weighted by Gasteiger charge is 2.24. The summed E-state index contributed by atoms with van der Waals surface area (Å²) in [6, 6.07) is 6.78. The lowest BCUT2D eigenvalue weighted by molar-refractivity contribution is -0.137. The molecule has 0 spiro atoms. The molecule has 2 amide bonds. The van der Waals surface area contributed by atoms with Crippen LogP contribution in [0.5, 0.6) is 5.75 Å². The average molecular weight is 390 g/mol. The number of hydrogen-bond donors (Lipinski definition) is 1. The third-order valence-corrected chi connectivity index (χ3v) is 4.63. The number of rotatable bonds is 9. The Bertz CT molecular complexity index is 695. The number of benzene rings is 1. The number of likely N-dealkylation sites (N-methyl/N-ethyl adjacent to an activating group) is 1. The summed E-state index contributed by atoms with van der Waals surface area (Å²) >= 11 is 0. The Morgan fingerprint density at radius 1 is 1.18 bits per heavy atom. The molecule has 8 nitrogen and oxygen atoms in total. The van der Waals surface area contributed by atoms with Crippen molar-refractivity contribution in [1.82, 2.24) is 10.2 Å². The van der Waals surface area contributed by atoms with Gasteiger partial charge in [0.2, 0.25) is 5.91 Å². The minimum Gasteiger partial charge on any atom is -0.491 e. The minimum absolute atomic E-state index is 0.0520. The van der Waals surface area contributed by atoms with Crippen LogP contribution in [0.15, 0.2) is 24.3 Å². The van der Waals surface area contributed by atoms with Crippen LogP contribution in [0.1, 0.15) is 36.0 Å². The van der Waals surface area contributed by atoms with Crippen molar-refractivity contribution < 1.29 is 28.6 Å². The van der Waals surface area contributed by atoms with Crippen molar-refractivity contribution in [3.8, 4) is 5.75 Å². The largest absolute Gasteiger partial charge is 0.491 e. The Kier molecular flexibility index (Phi) is 6.86. The summed E-state index contributed by atoms with van der Waals surface area (Å²) in [7, 11) is 1.50. The lowest BCUT2D eigenvalue weighted by atomic mass is 10.2. The van der Waals surface area contributed by atoms with Crippen molar-refractivity contribution >= 4 is 17.8 Å². The standard InChI is InChI=1S/C20H26N2O6/c1-22(11-18(23)21-15-6-7-15)19(24)13-28-20(25)14-4-8-16(9-5-14)27-12-17-3-2-10-26-17/h4-5,8-9,15,17H,2-3,6-7,10-13H2,1H3,(H,21,23)/t17-/m0/s1. The van der Waals surface area contributed by atoms with Crippen LogP contribution in [0.4, 0.5) is 0 Å². The number of carbonyl (C=O) groups is 3. The summed E-state index contributed by atoms with van der Waals surface area (Å²) in [6.45, 7) is 0.795. The summed E-state index contributed by atoms with van der Waals surface area (Å²) in [5, 5.41) is 2.80. The molecule has 152 valence electrons. The van der Waals surface area contributed by atoms with Gasteiger partial charge in [0.1, 0.15) is 12.4 Å². The number of esters is 1. The molecule has 1 aromatic carbocycles. The fourth-order valence-corrected chi connectivity index (χ4v) is 2.78. The molecule has 3 rings (SSSR count). The second kappa shape index (κ2) is 9.54. The van der Waals surface area contributed by atoms with Gasteiger partial charge < -0.3 is 24.4 Å². The van der Waals surface area contributed by atoms with Gasteiger partial charge in [-0.3, -0.25) is 9.59 Å². The van der Waals surface area contributed by atoms with Crippen LogP contribution in [0, 0.1) is 0 Å². The molecule has 0 unspecified atom stereocenters. The molecule has 28 heavy (non-hydrogen) atoms. The Morgan fingerprint density at radius 2 is 1.93 bits per heavy atom. The molecule has 2 aliphatic rings. The van der Waals surface area contributed by atoms with E-state index in [2.05, 4.69) is 5.32 Å². The second-order valence-corrected chi connectivity index (χ2v) is 7.14. The molecule has 1 saturated heterocycles. The van der Waals surface area contributed by atoms with Crippen LogP contribution in [0.3, 0.4) is 0 Å². The van der Waals surface area contributed by atoms with E-state index in [1.807, 2.05) is 0 Å². The van der Waals surface area contributed by atoms with Crippen molar-refractivity contribution in [1.29, 1.82) is 0 Å². The van der Waals surface area contributed by atoms with E-state index in [-0.39, 0.29) is 24.6 Å². The van der Waals surface area contributed by atoms with E-state index in [0.29, 0.717) is 17.9 Å². The fourth-order valence-electron chi connectivity index (χ4n) is 2.78. The quantitative estimate of drug-likeness (QED) is 0.636. The van der Waals surface area contributed by atoms with E-state index < -0.39 is 18.5 Å². The smallest absolute Gasteiger partial charge is 0.338 e. The number of nitrogens with zero attached hydrogens (tertiary/aromatic N) is 1. The topological polar surface area (TPSA) is 94.2 Å². The van der Waals surface area contributed by atoms with Crippen molar-refractivity contribution in [2.45, 2.75) is 37.8 Å². The lowest BCUT2D eigenvalue weighted by Crippen LogP contribution is -2.40. The van der Waals surface area contributed by atoms with Crippen LogP contribution in [0.2, 0.25) is 0 Å². The number of carbonyl (C=O) groups excluding carboxylic acids is 3. The van der Waals surface area contributed by atoms with E-state index in [1.165, 1.54) is 11.9 Å². The summed E-state index contributed by atoms with van der Waals surface area (Å²) in [5.41, 5.74) is 0.325. The summed E-state index contributed by atoms with van der Waals surface area (Å²) in [4.78, 5) is 37.1. The van der Waals surface area contributed by atoms with Gasteiger partial charge in [0.05, 0.1) is 18.2 Å². The van der Waals surface area contributed by atoms with Gasteiger partial charge in [-0.1, -0.05) is 0 Å². The summed E-state index contributed by atoms with van der Waals surface area (Å²) in [5.74, 6) is -0.599. The van der Waals surface area contributed by atoms with E-state index in [9.17, 15) is 14.4 Å². The third-order valence-electron chi connectivity index (χ3n) is 4.63. The first-order chi connectivity index (χ1) is 13.5. The van der Waals surface area contributed by atoms with E-state index in [1.54, 1.807) is 24.3 Å². The molecule has 1 aliphatic carbocycles. The van der Waals surface area contributed by atoms with Crippen LogP contribution in [-0.4, -0.2) is 68.2 Å². The van der Waals surface area contributed by atoms with Crippen molar-refractivity contribution in [3.05, 3.63) is 29.8 Å². The molecule has 1 saturated carbocycles. The first-order valence-electron chi connectivity index (χ1n) is 9.56. The van der Waals surface area contributed by atoms with Gasteiger partial charge in [0.25, 0.3) is 5.91 Å². The predicted molar refractivity (Wildman–Crippen MR) is 100.0 cm³/mol. The zero-order valence-electron chi connectivity index (χ0n) is 16.0. The molecule has 1 atom stereocenters. The number of ether oxygens (including phenoxy) is 3. The maximum absolute atomic E-state index is 12.1. The highest BCUT2D eigenvalue weighted by molar-refractivity contribution is 5.92. The number of amides is 2. The Labute approximate surface area is 164 Å². The predicted octanol–water partition coefficient (Wildman–Crippen LogP) is 1.14. The SMILES string of the molecule is CN(CC(=O)NC1CC1)C(=O)COC(=O)c1ccc(OC[C@@H]2CCCO2)cc1. The van der Waals surface area contributed by atoms with Gasteiger partial charge in [-0.25, -0.2) is 4.79 Å². The molecule has 0 radical (unpaired) electrons. The number of nitrogens with one attached hydrogen (secondary N) is 1. The van der Waals surface area contributed by atoms with Crippen LogP contribution >= 0.6 is 0 Å². The molecule has 1 aliphatic heterocycles. The average Bonchev–Trinajstić information content (AvgIpc) is 3.34. The first kappa shape index (κ1) is 20.1. The molecule has 0 aromatic heterocycles. The minimum atomic E-state index is -0.602. The van der Waals surface area contributed by atoms with Crippen molar-refractivity contribution in [3.63, 3.8) is 0 Å². The lowest BCUT2D eigenvalue weighted by Gasteiger charge is -2.16. The Balaban J connectivity index is 1.38. The molecule has 0 bridgehead atoms. The normalized spacial score (nSPS) is 18.4. The van der Waals surface area contributed by atoms with E-state index >= 15 is 0 Å².